The van der Waals surface area contributed by atoms with E-state index in [9.17, 15) is 9.59 Å². The van der Waals surface area contributed by atoms with Crippen molar-refractivity contribution < 1.29 is 48.2 Å². The van der Waals surface area contributed by atoms with Gasteiger partial charge in [0.2, 0.25) is 0 Å². The molecule has 2 N–H and O–H groups in total. The number of aliphatic hydroxyl groups excluding tert-OH is 2. The van der Waals surface area contributed by atoms with Crippen LogP contribution in [0.15, 0.2) is 12.1 Å². The highest BCUT2D eigenvalue weighted by Crippen LogP contribution is 2.27. The first-order valence-electron chi connectivity index (χ1n) is 9.63. The van der Waals surface area contributed by atoms with Crippen molar-refractivity contribution in [3.63, 3.8) is 0 Å². The van der Waals surface area contributed by atoms with Crippen LogP contribution >= 0.6 is 0 Å². The minimum absolute atomic E-state index is 0.0379. The summed E-state index contributed by atoms with van der Waals surface area (Å²) in [6, 6.07) is 2.89. The molecule has 1 rings (SSSR count). The summed E-state index contributed by atoms with van der Waals surface area (Å²) in [5.74, 6) is 0.522. The van der Waals surface area contributed by atoms with Crippen LogP contribution in [-0.4, -0.2) is 102 Å². The van der Waals surface area contributed by atoms with Gasteiger partial charge in [0.1, 0.15) is 24.7 Å². The molecule has 0 spiro atoms. The molecule has 0 saturated carbocycles. The van der Waals surface area contributed by atoms with E-state index in [1.165, 1.54) is 12.1 Å². The highest BCUT2D eigenvalue weighted by Gasteiger charge is 2.12. The largest absolute Gasteiger partial charge is 0.490 e. The van der Waals surface area contributed by atoms with Gasteiger partial charge in [0, 0.05) is 0 Å². The molecule has 1 aromatic carbocycles. The first-order valence-corrected chi connectivity index (χ1v) is 9.63. The Morgan fingerprint density at radius 2 is 0.900 bits per heavy atom. The third-order valence-corrected chi connectivity index (χ3v) is 3.58. The molecule has 0 aliphatic carbocycles. The number of carbonyl (C=O) groups excluding carboxylic acids is 2. The van der Waals surface area contributed by atoms with Gasteiger partial charge < -0.3 is 38.6 Å². The quantitative estimate of drug-likeness (QED) is 0.217. The number of benzene rings is 1. The third kappa shape index (κ3) is 11.2. The second-order valence-corrected chi connectivity index (χ2v) is 5.76. The summed E-state index contributed by atoms with van der Waals surface area (Å²) < 4.78 is 31.8. The highest BCUT2D eigenvalue weighted by atomic mass is 16.6. The van der Waals surface area contributed by atoms with Gasteiger partial charge in [-0.2, -0.15) is 0 Å². The standard InChI is InChI=1S/C20H30O10/c21-1-3-25-5-7-27-9-11-29-19-13-18(16-24)20(14-17(19)15-23)30-12-10-28-8-6-26-4-2-22/h13-16,21-22H,1-12H2. The van der Waals surface area contributed by atoms with Crippen molar-refractivity contribution in [2.45, 2.75) is 0 Å². The second kappa shape index (κ2) is 17.8. The van der Waals surface area contributed by atoms with Crippen LogP contribution in [0.2, 0.25) is 0 Å². The first kappa shape index (κ1) is 26.0. The van der Waals surface area contributed by atoms with Crippen molar-refractivity contribution in [2.24, 2.45) is 0 Å². The van der Waals surface area contributed by atoms with E-state index in [4.69, 9.17) is 38.6 Å². The van der Waals surface area contributed by atoms with E-state index in [0.717, 1.165) is 0 Å². The molecule has 30 heavy (non-hydrogen) atoms. The zero-order valence-electron chi connectivity index (χ0n) is 17.0. The van der Waals surface area contributed by atoms with Crippen LogP contribution in [0, 0.1) is 0 Å². The number of carbonyl (C=O) groups is 2. The maximum Gasteiger partial charge on any atom is 0.153 e. The second-order valence-electron chi connectivity index (χ2n) is 5.76. The third-order valence-electron chi connectivity index (χ3n) is 3.58. The van der Waals surface area contributed by atoms with Crippen LogP contribution in [0.4, 0.5) is 0 Å². The van der Waals surface area contributed by atoms with Crippen molar-refractivity contribution in [2.75, 3.05) is 79.3 Å². The molecule has 0 aromatic heterocycles. The Kier molecular flexibility index (Phi) is 15.4. The van der Waals surface area contributed by atoms with Gasteiger partial charge in [0.15, 0.2) is 12.6 Å². The number of hydrogen-bond donors (Lipinski definition) is 2. The van der Waals surface area contributed by atoms with Gasteiger partial charge in [-0.1, -0.05) is 0 Å². The van der Waals surface area contributed by atoms with E-state index in [2.05, 4.69) is 0 Å². The van der Waals surface area contributed by atoms with Gasteiger partial charge in [-0.05, 0) is 12.1 Å². The van der Waals surface area contributed by atoms with Crippen LogP contribution in [0.3, 0.4) is 0 Å². The van der Waals surface area contributed by atoms with Gasteiger partial charge in [-0.3, -0.25) is 9.59 Å². The summed E-state index contributed by atoms with van der Waals surface area (Å²) in [7, 11) is 0. The van der Waals surface area contributed by atoms with Gasteiger partial charge >= 0.3 is 0 Å². The summed E-state index contributed by atoms with van der Waals surface area (Å²) in [6.45, 7) is 2.79. The average molecular weight is 430 g/mol. The smallest absolute Gasteiger partial charge is 0.153 e. The van der Waals surface area contributed by atoms with E-state index in [-0.39, 0.29) is 75.5 Å². The van der Waals surface area contributed by atoms with Crippen molar-refractivity contribution in [1.82, 2.24) is 0 Å². The molecule has 0 heterocycles. The lowest BCUT2D eigenvalue weighted by Crippen LogP contribution is -2.13. The topological polar surface area (TPSA) is 130 Å². The lowest BCUT2D eigenvalue weighted by atomic mass is 10.1. The lowest BCUT2D eigenvalue weighted by molar-refractivity contribution is 0.0243. The highest BCUT2D eigenvalue weighted by molar-refractivity contribution is 5.87. The molecule has 10 nitrogen and oxygen atoms in total. The van der Waals surface area contributed by atoms with Crippen LogP contribution in [-0.2, 0) is 18.9 Å². The van der Waals surface area contributed by atoms with Crippen molar-refractivity contribution >= 4 is 12.6 Å². The van der Waals surface area contributed by atoms with Crippen molar-refractivity contribution in [3.8, 4) is 11.5 Å². The molecule has 0 saturated heterocycles. The monoisotopic (exact) mass is 430 g/mol. The van der Waals surface area contributed by atoms with Crippen LogP contribution in [0.25, 0.3) is 0 Å². The van der Waals surface area contributed by atoms with E-state index < -0.39 is 0 Å². The number of hydrogen-bond acceptors (Lipinski definition) is 10. The molecule has 0 amide bonds. The van der Waals surface area contributed by atoms with Gasteiger partial charge in [0.05, 0.1) is 77.2 Å². The summed E-state index contributed by atoms with van der Waals surface area (Å²) in [5, 5.41) is 17.2. The van der Waals surface area contributed by atoms with Crippen molar-refractivity contribution in [3.05, 3.63) is 23.3 Å². The average Bonchev–Trinajstić information content (AvgIpc) is 2.77. The van der Waals surface area contributed by atoms with E-state index >= 15 is 0 Å². The zero-order valence-corrected chi connectivity index (χ0v) is 17.0. The Balaban J connectivity index is 2.41. The molecule has 1 aromatic rings. The molecule has 0 unspecified atom stereocenters. The van der Waals surface area contributed by atoms with Crippen LogP contribution < -0.4 is 9.47 Å². The number of ether oxygens (including phenoxy) is 6. The number of aldehydes is 2. The molecule has 10 heteroatoms. The lowest BCUT2D eigenvalue weighted by Gasteiger charge is -2.14. The molecule has 0 bridgehead atoms. The maximum atomic E-state index is 11.4. The Hall–Kier alpha value is -2.08. The fraction of sp³-hybridized carbons (Fsp3) is 0.600. The maximum absolute atomic E-state index is 11.4. The van der Waals surface area contributed by atoms with Gasteiger partial charge in [0.25, 0.3) is 0 Å². The fourth-order valence-corrected chi connectivity index (χ4v) is 2.22. The summed E-state index contributed by atoms with van der Waals surface area (Å²) in [5.41, 5.74) is 0.500. The van der Waals surface area contributed by atoms with Crippen LogP contribution in [0.5, 0.6) is 11.5 Å². The van der Waals surface area contributed by atoms with E-state index in [1.807, 2.05) is 0 Å². The minimum Gasteiger partial charge on any atom is -0.490 e. The van der Waals surface area contributed by atoms with Crippen molar-refractivity contribution in [1.29, 1.82) is 0 Å². The Bertz CT molecular complexity index is 541. The molecule has 170 valence electrons. The molecule has 0 aliphatic heterocycles. The summed E-state index contributed by atoms with van der Waals surface area (Å²) >= 11 is 0. The van der Waals surface area contributed by atoms with Gasteiger partial charge in [-0.15, -0.1) is 0 Å². The fourth-order valence-electron chi connectivity index (χ4n) is 2.22. The molecular weight excluding hydrogens is 400 g/mol. The normalized spacial score (nSPS) is 10.7. The number of rotatable bonds is 20. The number of aliphatic hydroxyl groups is 2. The minimum atomic E-state index is -0.0379. The predicted octanol–water partition coefficient (Wildman–Crippen LogP) is 0.120. The Morgan fingerprint density at radius 1 is 0.567 bits per heavy atom. The first-order chi connectivity index (χ1) is 14.8. The molecule has 0 atom stereocenters. The van der Waals surface area contributed by atoms with Gasteiger partial charge in [-0.25, -0.2) is 0 Å². The summed E-state index contributed by atoms with van der Waals surface area (Å²) in [6.07, 6.45) is 1.24. The van der Waals surface area contributed by atoms with E-state index in [1.54, 1.807) is 0 Å². The zero-order chi connectivity index (χ0) is 21.9. The SMILES string of the molecule is O=Cc1cc(OCCOCCOCCO)c(C=O)cc1OCCOCCOCCO. The molecule has 0 aliphatic rings. The summed E-state index contributed by atoms with van der Waals surface area (Å²) in [4.78, 5) is 22.7. The van der Waals surface area contributed by atoms with Crippen LogP contribution in [0.1, 0.15) is 20.7 Å². The molecule has 0 radical (unpaired) electrons. The molecule has 0 fully saturated rings. The predicted molar refractivity (Wildman–Crippen MR) is 106 cm³/mol. The van der Waals surface area contributed by atoms with E-state index in [0.29, 0.717) is 39.0 Å². The Labute approximate surface area is 175 Å². The molecular formula is C20H30O10. The Morgan fingerprint density at radius 3 is 1.23 bits per heavy atom.